The van der Waals surface area contributed by atoms with Crippen LogP contribution in [0.1, 0.15) is 10.4 Å². The molecule has 86 valence electrons. The van der Waals surface area contributed by atoms with Crippen LogP contribution in [0.3, 0.4) is 0 Å². The maximum Gasteiger partial charge on any atom is 0.227 e. The average molecular weight is 252 g/mol. The number of aldehydes is 1. The van der Waals surface area contributed by atoms with E-state index >= 15 is 0 Å². The van der Waals surface area contributed by atoms with E-state index in [2.05, 4.69) is 15.3 Å². The highest BCUT2D eigenvalue weighted by Gasteiger charge is 2.05. The lowest BCUT2D eigenvalue weighted by Gasteiger charge is -2.05. The van der Waals surface area contributed by atoms with Gasteiger partial charge in [0.25, 0.3) is 0 Å². The van der Waals surface area contributed by atoms with E-state index in [-0.39, 0.29) is 17.2 Å². The number of aromatic nitrogens is 2. The number of rotatable bonds is 3. The Morgan fingerprint density at radius 1 is 1.29 bits per heavy atom. The molecule has 0 spiro atoms. The van der Waals surface area contributed by atoms with Gasteiger partial charge in [0, 0.05) is 5.56 Å². The summed E-state index contributed by atoms with van der Waals surface area (Å²) < 4.78 is 13.5. The van der Waals surface area contributed by atoms with Crippen LogP contribution in [-0.4, -0.2) is 16.3 Å². The molecule has 1 heterocycles. The van der Waals surface area contributed by atoms with E-state index in [1.54, 1.807) is 0 Å². The highest BCUT2D eigenvalue weighted by Crippen LogP contribution is 2.18. The molecule has 1 aromatic carbocycles. The first kappa shape index (κ1) is 11.5. The number of hydrogen-bond donors (Lipinski definition) is 1. The Morgan fingerprint density at radius 3 is 2.59 bits per heavy atom. The van der Waals surface area contributed by atoms with Crippen LogP contribution >= 0.6 is 11.6 Å². The number of halogens is 2. The molecule has 0 radical (unpaired) electrons. The fourth-order valence-electron chi connectivity index (χ4n) is 1.20. The molecule has 2 aromatic rings. The number of hydrogen-bond acceptors (Lipinski definition) is 4. The highest BCUT2D eigenvalue weighted by atomic mass is 35.5. The molecule has 0 unspecified atom stereocenters. The van der Waals surface area contributed by atoms with Gasteiger partial charge in [-0.2, -0.15) is 0 Å². The van der Waals surface area contributed by atoms with Crippen molar-refractivity contribution in [2.45, 2.75) is 0 Å². The van der Waals surface area contributed by atoms with E-state index in [1.165, 1.54) is 24.5 Å². The second-order valence-corrected chi connectivity index (χ2v) is 3.64. The number of nitrogens with one attached hydrogen (secondary N) is 1. The zero-order chi connectivity index (χ0) is 12.3. The van der Waals surface area contributed by atoms with Crippen LogP contribution in [0.25, 0.3) is 0 Å². The van der Waals surface area contributed by atoms with Crippen molar-refractivity contribution in [3.8, 4) is 0 Å². The monoisotopic (exact) mass is 251 g/mol. The predicted octanol–water partition coefficient (Wildman–Crippen LogP) is 2.83. The zero-order valence-electron chi connectivity index (χ0n) is 8.52. The highest BCUT2D eigenvalue weighted by molar-refractivity contribution is 6.30. The first-order valence-electron chi connectivity index (χ1n) is 4.68. The smallest absolute Gasteiger partial charge is 0.227 e. The second kappa shape index (κ2) is 4.88. The molecule has 2 rings (SSSR count). The number of carbonyl (C=O) groups excluding carboxylic acids is 1. The van der Waals surface area contributed by atoms with E-state index < -0.39 is 5.82 Å². The lowest BCUT2D eigenvalue weighted by Crippen LogP contribution is -1.99. The lowest BCUT2D eigenvalue weighted by molar-refractivity contribution is 0.112. The molecule has 17 heavy (non-hydrogen) atoms. The maximum atomic E-state index is 13.5. The molecule has 0 bridgehead atoms. The van der Waals surface area contributed by atoms with E-state index in [0.717, 1.165) is 6.07 Å². The van der Waals surface area contributed by atoms with Gasteiger partial charge in [-0.3, -0.25) is 4.79 Å². The quantitative estimate of drug-likeness (QED) is 0.853. The van der Waals surface area contributed by atoms with Gasteiger partial charge in [0.1, 0.15) is 12.1 Å². The summed E-state index contributed by atoms with van der Waals surface area (Å²) in [7, 11) is 0. The SMILES string of the molecule is O=Cc1ccc(Nc2ncc(Cl)cn2)c(F)c1. The van der Waals surface area contributed by atoms with Gasteiger partial charge in [-0.1, -0.05) is 11.6 Å². The summed E-state index contributed by atoms with van der Waals surface area (Å²) >= 11 is 5.62. The molecule has 0 fully saturated rings. The van der Waals surface area contributed by atoms with Gasteiger partial charge < -0.3 is 5.32 Å². The van der Waals surface area contributed by atoms with Crippen LogP contribution in [0, 0.1) is 5.82 Å². The van der Waals surface area contributed by atoms with E-state index in [4.69, 9.17) is 11.6 Å². The van der Waals surface area contributed by atoms with Crippen molar-refractivity contribution in [2.75, 3.05) is 5.32 Å². The number of benzene rings is 1. The zero-order valence-corrected chi connectivity index (χ0v) is 9.28. The van der Waals surface area contributed by atoms with Crippen LogP contribution in [0.5, 0.6) is 0 Å². The predicted molar refractivity (Wildman–Crippen MR) is 62.1 cm³/mol. The molecule has 0 atom stereocenters. The van der Waals surface area contributed by atoms with Crippen LogP contribution < -0.4 is 5.32 Å². The van der Waals surface area contributed by atoms with Crippen molar-refractivity contribution < 1.29 is 9.18 Å². The number of nitrogens with zero attached hydrogens (tertiary/aromatic N) is 2. The van der Waals surface area contributed by atoms with Gasteiger partial charge >= 0.3 is 0 Å². The topological polar surface area (TPSA) is 54.9 Å². The van der Waals surface area contributed by atoms with Gasteiger partial charge in [-0.15, -0.1) is 0 Å². The lowest BCUT2D eigenvalue weighted by atomic mass is 10.2. The molecule has 0 saturated heterocycles. The van der Waals surface area contributed by atoms with Gasteiger partial charge in [0.05, 0.1) is 23.1 Å². The third-order valence-electron chi connectivity index (χ3n) is 2.00. The molecule has 0 aliphatic rings. The van der Waals surface area contributed by atoms with Gasteiger partial charge in [-0.25, -0.2) is 14.4 Å². The Hall–Kier alpha value is -2.01. The fourth-order valence-corrected chi connectivity index (χ4v) is 1.30. The Morgan fingerprint density at radius 2 is 2.00 bits per heavy atom. The van der Waals surface area contributed by atoms with Crippen molar-refractivity contribution in [1.29, 1.82) is 0 Å². The molecule has 0 aliphatic heterocycles. The second-order valence-electron chi connectivity index (χ2n) is 3.21. The molecule has 1 N–H and O–H groups in total. The minimum atomic E-state index is -0.548. The van der Waals surface area contributed by atoms with E-state index in [1.807, 2.05) is 0 Å². The summed E-state index contributed by atoms with van der Waals surface area (Å²) in [5.41, 5.74) is 0.461. The fraction of sp³-hybridized carbons (Fsp3) is 0. The molecular formula is C11H7ClFN3O. The molecule has 4 nitrogen and oxygen atoms in total. The molecule has 1 aromatic heterocycles. The average Bonchev–Trinajstić information content (AvgIpc) is 2.34. The molecule has 6 heteroatoms. The first-order chi connectivity index (χ1) is 8.19. The maximum absolute atomic E-state index is 13.5. The third kappa shape index (κ3) is 2.76. The molecular weight excluding hydrogens is 245 g/mol. The van der Waals surface area contributed by atoms with Crippen molar-refractivity contribution in [3.63, 3.8) is 0 Å². The first-order valence-corrected chi connectivity index (χ1v) is 5.06. The molecule has 0 saturated carbocycles. The normalized spacial score (nSPS) is 10.0. The van der Waals surface area contributed by atoms with Crippen molar-refractivity contribution >= 4 is 29.5 Å². The Labute approximate surface area is 101 Å². The standard InChI is InChI=1S/C11H7ClFN3O/c12-8-4-14-11(15-5-8)16-10-2-1-7(6-17)3-9(10)13/h1-6H,(H,14,15,16). The minimum absolute atomic E-state index is 0.193. The largest absolute Gasteiger partial charge is 0.322 e. The molecule has 0 aliphatic carbocycles. The minimum Gasteiger partial charge on any atom is -0.322 e. The third-order valence-corrected chi connectivity index (χ3v) is 2.19. The Bertz CT molecular complexity index is 545. The van der Waals surface area contributed by atoms with Crippen LogP contribution in [-0.2, 0) is 0 Å². The van der Waals surface area contributed by atoms with E-state index in [0.29, 0.717) is 11.3 Å². The van der Waals surface area contributed by atoms with E-state index in [9.17, 15) is 9.18 Å². The van der Waals surface area contributed by atoms with Gasteiger partial charge in [0.2, 0.25) is 5.95 Å². The Kier molecular flexibility index (Phi) is 3.30. The van der Waals surface area contributed by atoms with Crippen molar-refractivity contribution in [3.05, 3.63) is 47.0 Å². The van der Waals surface area contributed by atoms with Crippen LogP contribution in [0.15, 0.2) is 30.6 Å². The summed E-state index contributed by atoms with van der Waals surface area (Å²) in [6.45, 7) is 0. The molecule has 0 amide bonds. The summed E-state index contributed by atoms with van der Waals surface area (Å²) in [4.78, 5) is 18.2. The summed E-state index contributed by atoms with van der Waals surface area (Å²) in [5.74, 6) is -0.319. The Balaban J connectivity index is 2.24. The number of anilines is 2. The van der Waals surface area contributed by atoms with Crippen LogP contribution in [0.4, 0.5) is 16.0 Å². The van der Waals surface area contributed by atoms with Crippen LogP contribution in [0.2, 0.25) is 5.02 Å². The van der Waals surface area contributed by atoms with Gasteiger partial charge in [0.15, 0.2) is 0 Å². The van der Waals surface area contributed by atoms with Crippen molar-refractivity contribution in [1.82, 2.24) is 9.97 Å². The van der Waals surface area contributed by atoms with Crippen molar-refractivity contribution in [2.24, 2.45) is 0 Å². The van der Waals surface area contributed by atoms with Gasteiger partial charge in [-0.05, 0) is 18.2 Å². The number of carbonyl (C=O) groups is 1. The summed E-state index contributed by atoms with van der Waals surface area (Å²) in [5, 5.41) is 3.07. The summed E-state index contributed by atoms with van der Waals surface area (Å²) in [6.07, 6.45) is 3.37. The summed E-state index contributed by atoms with van der Waals surface area (Å²) in [6, 6.07) is 4.07.